The van der Waals surface area contributed by atoms with Gasteiger partial charge in [0.25, 0.3) is 0 Å². The van der Waals surface area contributed by atoms with Gasteiger partial charge in [-0.05, 0) is 45.4 Å². The standard InChI is InChI=1S/C15H26N2O3/c1-5-12-13(18)16-15(3,11-6-7-11)14(19)17(12)10(2)8-9-20-4/h10-12H,5-9H2,1-4H3,(H,16,18). The summed E-state index contributed by atoms with van der Waals surface area (Å²) in [5.74, 6) is 0.370. The predicted molar refractivity (Wildman–Crippen MR) is 76.2 cm³/mol. The molecule has 0 aromatic carbocycles. The third-order valence-electron chi connectivity index (χ3n) is 4.70. The maximum absolute atomic E-state index is 12.9. The molecule has 2 amide bonds. The van der Waals surface area contributed by atoms with Crippen molar-refractivity contribution in [1.82, 2.24) is 10.2 Å². The highest BCUT2D eigenvalue weighted by Crippen LogP contribution is 2.42. The van der Waals surface area contributed by atoms with Gasteiger partial charge in [-0.1, -0.05) is 6.92 Å². The maximum atomic E-state index is 12.9. The van der Waals surface area contributed by atoms with Gasteiger partial charge in [0.2, 0.25) is 11.8 Å². The summed E-state index contributed by atoms with van der Waals surface area (Å²) in [5, 5.41) is 2.99. The average Bonchev–Trinajstić information content (AvgIpc) is 3.24. The first-order valence-corrected chi connectivity index (χ1v) is 7.59. The van der Waals surface area contributed by atoms with Crippen LogP contribution in [0, 0.1) is 5.92 Å². The van der Waals surface area contributed by atoms with E-state index in [4.69, 9.17) is 4.74 Å². The molecule has 2 aliphatic rings. The second kappa shape index (κ2) is 5.72. The third-order valence-corrected chi connectivity index (χ3v) is 4.70. The number of hydrogen-bond acceptors (Lipinski definition) is 3. The number of carbonyl (C=O) groups excluding carboxylic acids is 2. The number of methoxy groups -OCH3 is 1. The van der Waals surface area contributed by atoms with E-state index < -0.39 is 5.54 Å². The van der Waals surface area contributed by atoms with Crippen LogP contribution < -0.4 is 5.32 Å². The number of carbonyl (C=O) groups is 2. The SMILES string of the molecule is CCC1C(=O)NC(C)(C2CC2)C(=O)N1C(C)CCOC. The summed E-state index contributed by atoms with van der Waals surface area (Å²) in [6, 6.07) is -0.322. The normalized spacial score (nSPS) is 32.2. The van der Waals surface area contributed by atoms with Crippen molar-refractivity contribution in [2.24, 2.45) is 5.92 Å². The fraction of sp³-hybridized carbons (Fsp3) is 0.867. The molecular formula is C15H26N2O3. The minimum atomic E-state index is -0.704. The molecule has 1 aliphatic heterocycles. The summed E-state index contributed by atoms with van der Waals surface area (Å²) in [7, 11) is 1.66. The summed E-state index contributed by atoms with van der Waals surface area (Å²) in [6.45, 7) is 6.44. The van der Waals surface area contributed by atoms with Gasteiger partial charge in [0.1, 0.15) is 11.6 Å². The smallest absolute Gasteiger partial charge is 0.249 e. The Kier molecular flexibility index (Phi) is 4.37. The van der Waals surface area contributed by atoms with Gasteiger partial charge in [0.05, 0.1) is 0 Å². The summed E-state index contributed by atoms with van der Waals surface area (Å²) in [6.07, 6.45) is 3.46. The van der Waals surface area contributed by atoms with Gasteiger partial charge >= 0.3 is 0 Å². The molecule has 3 unspecified atom stereocenters. The second-order valence-electron chi connectivity index (χ2n) is 6.23. The lowest BCUT2D eigenvalue weighted by Crippen LogP contribution is -2.71. The fourth-order valence-electron chi connectivity index (χ4n) is 3.18. The molecule has 2 fully saturated rings. The molecule has 5 heteroatoms. The van der Waals surface area contributed by atoms with Crippen molar-refractivity contribution in [2.75, 3.05) is 13.7 Å². The first-order chi connectivity index (χ1) is 9.45. The van der Waals surface area contributed by atoms with Crippen LogP contribution in [0.2, 0.25) is 0 Å². The Morgan fingerprint density at radius 1 is 1.45 bits per heavy atom. The zero-order valence-electron chi connectivity index (χ0n) is 12.9. The van der Waals surface area contributed by atoms with Crippen LogP contribution in [0.25, 0.3) is 0 Å². The number of piperazine rings is 1. The van der Waals surface area contributed by atoms with E-state index in [-0.39, 0.29) is 23.9 Å². The number of amides is 2. The number of nitrogens with zero attached hydrogens (tertiary/aromatic N) is 1. The first-order valence-electron chi connectivity index (χ1n) is 7.59. The molecule has 114 valence electrons. The molecule has 1 saturated heterocycles. The average molecular weight is 282 g/mol. The van der Waals surface area contributed by atoms with Crippen LogP contribution in [-0.2, 0) is 14.3 Å². The molecule has 3 atom stereocenters. The van der Waals surface area contributed by atoms with E-state index in [1.807, 2.05) is 20.8 Å². The van der Waals surface area contributed by atoms with Gasteiger partial charge in [0.15, 0.2) is 0 Å². The van der Waals surface area contributed by atoms with E-state index >= 15 is 0 Å². The molecule has 0 bridgehead atoms. The summed E-state index contributed by atoms with van der Waals surface area (Å²) in [5.41, 5.74) is -0.704. The fourth-order valence-corrected chi connectivity index (χ4v) is 3.18. The van der Waals surface area contributed by atoms with Crippen molar-refractivity contribution in [3.8, 4) is 0 Å². The molecule has 0 spiro atoms. The summed E-state index contributed by atoms with van der Waals surface area (Å²) < 4.78 is 5.11. The molecule has 1 saturated carbocycles. The van der Waals surface area contributed by atoms with E-state index in [1.165, 1.54) is 0 Å². The van der Waals surface area contributed by atoms with Crippen molar-refractivity contribution in [2.45, 2.75) is 64.1 Å². The van der Waals surface area contributed by atoms with Crippen LogP contribution in [0.15, 0.2) is 0 Å². The van der Waals surface area contributed by atoms with E-state index in [9.17, 15) is 9.59 Å². The molecule has 2 rings (SSSR count). The third kappa shape index (κ3) is 2.55. The summed E-state index contributed by atoms with van der Waals surface area (Å²) >= 11 is 0. The van der Waals surface area contributed by atoms with Crippen molar-refractivity contribution in [1.29, 1.82) is 0 Å². The van der Waals surface area contributed by atoms with Crippen molar-refractivity contribution < 1.29 is 14.3 Å². The Morgan fingerprint density at radius 2 is 2.10 bits per heavy atom. The molecule has 1 aliphatic carbocycles. The van der Waals surface area contributed by atoms with Crippen LogP contribution in [0.4, 0.5) is 0 Å². The minimum Gasteiger partial charge on any atom is -0.385 e. The lowest BCUT2D eigenvalue weighted by atomic mass is 9.87. The predicted octanol–water partition coefficient (Wildman–Crippen LogP) is 1.32. The van der Waals surface area contributed by atoms with Gasteiger partial charge in [-0.15, -0.1) is 0 Å². The molecule has 0 aromatic heterocycles. The number of rotatable bonds is 6. The van der Waals surface area contributed by atoms with Crippen molar-refractivity contribution >= 4 is 11.8 Å². The number of hydrogen-bond donors (Lipinski definition) is 1. The van der Waals surface area contributed by atoms with Gasteiger partial charge < -0.3 is 15.0 Å². The minimum absolute atomic E-state index is 0.00855. The Labute approximate surface area is 121 Å². The zero-order valence-corrected chi connectivity index (χ0v) is 12.9. The number of ether oxygens (including phenoxy) is 1. The van der Waals surface area contributed by atoms with Gasteiger partial charge in [-0.25, -0.2) is 0 Å². The highest BCUT2D eigenvalue weighted by molar-refractivity contribution is 6.00. The van der Waals surface area contributed by atoms with Gasteiger partial charge in [0, 0.05) is 19.8 Å². The lowest BCUT2D eigenvalue weighted by Gasteiger charge is -2.47. The van der Waals surface area contributed by atoms with Crippen molar-refractivity contribution in [3.63, 3.8) is 0 Å². The number of nitrogens with one attached hydrogen (secondary N) is 1. The Bertz CT molecular complexity index is 395. The Balaban J connectivity index is 2.23. The quantitative estimate of drug-likeness (QED) is 0.799. The topological polar surface area (TPSA) is 58.6 Å². The summed E-state index contributed by atoms with van der Waals surface area (Å²) in [4.78, 5) is 27.1. The highest BCUT2D eigenvalue weighted by Gasteiger charge is 2.55. The zero-order chi connectivity index (χ0) is 14.9. The van der Waals surface area contributed by atoms with E-state index in [0.29, 0.717) is 18.9 Å². The molecule has 20 heavy (non-hydrogen) atoms. The van der Waals surface area contributed by atoms with Crippen molar-refractivity contribution in [3.05, 3.63) is 0 Å². The highest BCUT2D eigenvalue weighted by atomic mass is 16.5. The molecule has 1 N–H and O–H groups in total. The van der Waals surface area contributed by atoms with E-state index in [1.54, 1.807) is 12.0 Å². The van der Waals surface area contributed by atoms with Crippen LogP contribution in [-0.4, -0.2) is 48.1 Å². The van der Waals surface area contributed by atoms with Crippen LogP contribution >= 0.6 is 0 Å². The Hall–Kier alpha value is -1.10. The molecule has 5 nitrogen and oxygen atoms in total. The monoisotopic (exact) mass is 282 g/mol. The van der Waals surface area contributed by atoms with Gasteiger partial charge in [-0.2, -0.15) is 0 Å². The van der Waals surface area contributed by atoms with Crippen LogP contribution in [0.1, 0.15) is 46.5 Å². The van der Waals surface area contributed by atoms with E-state index in [2.05, 4.69) is 5.32 Å². The Morgan fingerprint density at radius 3 is 2.60 bits per heavy atom. The maximum Gasteiger partial charge on any atom is 0.249 e. The van der Waals surface area contributed by atoms with Crippen LogP contribution in [0.5, 0.6) is 0 Å². The molecule has 0 aromatic rings. The van der Waals surface area contributed by atoms with E-state index in [0.717, 1.165) is 19.3 Å². The van der Waals surface area contributed by atoms with Crippen LogP contribution in [0.3, 0.4) is 0 Å². The van der Waals surface area contributed by atoms with Gasteiger partial charge in [-0.3, -0.25) is 9.59 Å². The molecule has 1 heterocycles. The largest absolute Gasteiger partial charge is 0.385 e. The molecule has 0 radical (unpaired) electrons. The second-order valence-corrected chi connectivity index (χ2v) is 6.23. The molecular weight excluding hydrogens is 256 g/mol. The lowest BCUT2D eigenvalue weighted by molar-refractivity contribution is -0.158. The first kappa shape index (κ1) is 15.3.